The van der Waals surface area contributed by atoms with E-state index in [0.717, 1.165) is 29.7 Å². The van der Waals surface area contributed by atoms with E-state index in [9.17, 15) is 9.59 Å². The predicted molar refractivity (Wildman–Crippen MR) is 131 cm³/mol. The fourth-order valence-corrected chi connectivity index (χ4v) is 4.23. The number of aryl methyl sites for hydroxylation is 1. The van der Waals surface area contributed by atoms with E-state index in [1.807, 2.05) is 49.5 Å². The molecule has 9 heteroatoms. The normalized spacial score (nSPS) is 15.8. The molecule has 1 saturated heterocycles. The van der Waals surface area contributed by atoms with Gasteiger partial charge in [-0.2, -0.15) is 0 Å². The quantitative estimate of drug-likeness (QED) is 0.574. The van der Waals surface area contributed by atoms with Crippen LogP contribution in [0.15, 0.2) is 47.0 Å². The van der Waals surface area contributed by atoms with E-state index in [1.54, 1.807) is 24.0 Å². The lowest BCUT2D eigenvalue weighted by Gasteiger charge is -2.33. The highest BCUT2D eigenvalue weighted by atomic mass is 35.5. The van der Waals surface area contributed by atoms with E-state index in [-0.39, 0.29) is 24.1 Å². The highest BCUT2D eigenvalue weighted by Crippen LogP contribution is 2.34. The number of rotatable bonds is 6. The number of nitrogens with zero attached hydrogens (tertiary/aromatic N) is 4. The second-order valence-electron chi connectivity index (χ2n) is 8.64. The minimum atomic E-state index is -0.397. The van der Waals surface area contributed by atoms with Crippen LogP contribution in [-0.2, 0) is 4.79 Å². The third kappa shape index (κ3) is 5.39. The second kappa shape index (κ2) is 10.3. The van der Waals surface area contributed by atoms with Gasteiger partial charge in [-0.25, -0.2) is 9.97 Å². The van der Waals surface area contributed by atoms with Gasteiger partial charge in [-0.15, -0.1) is 0 Å². The number of anilines is 1. The molecule has 178 valence electrons. The van der Waals surface area contributed by atoms with Crippen LogP contribution in [0.2, 0.25) is 5.02 Å². The zero-order valence-corrected chi connectivity index (χ0v) is 20.3. The Morgan fingerprint density at radius 1 is 1.21 bits per heavy atom. The van der Waals surface area contributed by atoms with Crippen molar-refractivity contribution in [1.29, 1.82) is 0 Å². The molecule has 0 saturated carbocycles. The maximum Gasteiger partial charge on any atom is 0.287 e. The highest BCUT2D eigenvalue weighted by Gasteiger charge is 2.28. The number of benzene rings is 1. The summed E-state index contributed by atoms with van der Waals surface area (Å²) in [5.41, 5.74) is 2.82. The first kappa shape index (κ1) is 23.8. The molecule has 34 heavy (non-hydrogen) atoms. The molecule has 0 spiro atoms. The van der Waals surface area contributed by atoms with Gasteiger partial charge in [0.1, 0.15) is 5.76 Å². The summed E-state index contributed by atoms with van der Waals surface area (Å²) >= 11 is 6.08. The van der Waals surface area contributed by atoms with E-state index in [0.29, 0.717) is 29.8 Å². The van der Waals surface area contributed by atoms with Crippen LogP contribution >= 0.6 is 11.6 Å². The molecule has 1 aromatic carbocycles. The predicted octanol–water partition coefficient (Wildman–Crippen LogP) is 3.90. The van der Waals surface area contributed by atoms with E-state index in [4.69, 9.17) is 21.0 Å². The van der Waals surface area contributed by atoms with Crippen LogP contribution < -0.4 is 10.2 Å². The van der Waals surface area contributed by atoms with Crippen molar-refractivity contribution in [2.24, 2.45) is 0 Å². The summed E-state index contributed by atoms with van der Waals surface area (Å²) in [6, 6.07) is 10.9. The van der Waals surface area contributed by atoms with Crippen LogP contribution in [0.3, 0.4) is 0 Å². The average Bonchev–Trinajstić information content (AvgIpc) is 3.29. The molecule has 2 aromatic heterocycles. The Bertz CT molecular complexity index is 1180. The van der Waals surface area contributed by atoms with Crippen molar-refractivity contribution in [3.63, 3.8) is 0 Å². The summed E-state index contributed by atoms with van der Waals surface area (Å²) in [7, 11) is 3.81. The number of halogens is 1. The van der Waals surface area contributed by atoms with Crippen LogP contribution in [0.5, 0.6) is 0 Å². The molecular weight excluding hydrogens is 454 g/mol. The van der Waals surface area contributed by atoms with Crippen molar-refractivity contribution in [1.82, 2.24) is 20.2 Å². The number of nitrogens with one attached hydrogen (secondary N) is 1. The van der Waals surface area contributed by atoms with Gasteiger partial charge in [-0.1, -0.05) is 23.7 Å². The topological polar surface area (TPSA) is 91.6 Å². The third-order valence-corrected chi connectivity index (χ3v) is 6.14. The monoisotopic (exact) mass is 481 g/mol. The largest absolute Gasteiger partial charge is 0.456 e. The molecule has 3 heterocycles. The molecule has 1 aliphatic heterocycles. The van der Waals surface area contributed by atoms with E-state index in [1.165, 1.54) is 0 Å². The number of furan rings is 1. The van der Waals surface area contributed by atoms with Gasteiger partial charge in [-0.05, 0) is 49.6 Å². The molecule has 0 radical (unpaired) electrons. The number of hydrogen-bond donors (Lipinski definition) is 1. The van der Waals surface area contributed by atoms with Gasteiger partial charge < -0.3 is 19.5 Å². The first-order valence-corrected chi connectivity index (χ1v) is 11.6. The van der Waals surface area contributed by atoms with Crippen LogP contribution in [0.1, 0.15) is 40.8 Å². The summed E-state index contributed by atoms with van der Waals surface area (Å²) in [4.78, 5) is 38.2. The Morgan fingerprint density at radius 3 is 2.65 bits per heavy atom. The fraction of sp³-hybridized carbons (Fsp3) is 0.360. The Labute approximate surface area is 203 Å². The first-order valence-electron chi connectivity index (χ1n) is 11.2. The van der Waals surface area contributed by atoms with Crippen molar-refractivity contribution in [2.45, 2.75) is 25.7 Å². The zero-order chi connectivity index (χ0) is 24.2. The number of amides is 2. The number of aromatic nitrogens is 2. The molecule has 0 bridgehead atoms. The van der Waals surface area contributed by atoms with E-state index in [2.05, 4.69) is 10.3 Å². The molecule has 3 aromatic rings. The van der Waals surface area contributed by atoms with Crippen molar-refractivity contribution in [3.8, 4) is 11.1 Å². The van der Waals surface area contributed by atoms with E-state index >= 15 is 0 Å². The molecule has 2 amide bonds. The Kier molecular flexibility index (Phi) is 7.17. The second-order valence-corrected chi connectivity index (χ2v) is 9.08. The molecule has 8 nitrogen and oxygen atoms in total. The van der Waals surface area contributed by atoms with Crippen molar-refractivity contribution in [2.75, 3.05) is 38.6 Å². The lowest BCUT2D eigenvalue weighted by atomic mass is 9.90. The smallest absolute Gasteiger partial charge is 0.287 e. The van der Waals surface area contributed by atoms with Crippen LogP contribution in [0.4, 0.5) is 5.95 Å². The van der Waals surface area contributed by atoms with Gasteiger partial charge >= 0.3 is 0 Å². The van der Waals surface area contributed by atoms with Crippen LogP contribution in [-0.4, -0.2) is 60.4 Å². The molecular formula is C25H28ClN5O3. The molecule has 4 rings (SSSR count). The van der Waals surface area contributed by atoms with Gasteiger partial charge in [0, 0.05) is 49.9 Å². The summed E-state index contributed by atoms with van der Waals surface area (Å²) in [6.07, 6.45) is 3.60. The lowest BCUT2D eigenvalue weighted by Crippen LogP contribution is -2.44. The maximum absolute atomic E-state index is 12.9. The van der Waals surface area contributed by atoms with Crippen LogP contribution in [0.25, 0.3) is 11.1 Å². The number of carbonyl (C=O) groups is 2. The first-order chi connectivity index (χ1) is 16.3. The number of likely N-dealkylation sites (tertiary alicyclic amines) is 1. The van der Waals surface area contributed by atoms with Gasteiger partial charge in [0.05, 0.1) is 12.2 Å². The Hall–Kier alpha value is -3.39. The lowest BCUT2D eigenvalue weighted by molar-refractivity contribution is -0.131. The zero-order valence-electron chi connectivity index (χ0n) is 19.5. The van der Waals surface area contributed by atoms with Gasteiger partial charge in [0.2, 0.25) is 11.9 Å². The highest BCUT2D eigenvalue weighted by molar-refractivity contribution is 6.30. The van der Waals surface area contributed by atoms with Crippen molar-refractivity contribution in [3.05, 3.63) is 64.8 Å². The standard InChI is InChI=1S/C25H28ClN5O3/c1-16-6-11-21(34-16)24(33)27-14-22(32)31-12-4-5-18(15-31)23-20(13-28-25(29-23)30(2)3)17-7-9-19(26)10-8-17/h6-11,13,18H,4-5,12,14-15H2,1-3H3,(H,27,33). The number of carbonyl (C=O) groups excluding carboxylic acids is 2. The maximum atomic E-state index is 12.9. The molecule has 1 fully saturated rings. The minimum absolute atomic E-state index is 0.0495. The van der Waals surface area contributed by atoms with Crippen molar-refractivity contribution >= 4 is 29.4 Å². The minimum Gasteiger partial charge on any atom is -0.456 e. The van der Waals surface area contributed by atoms with Crippen molar-refractivity contribution < 1.29 is 14.0 Å². The molecule has 1 aliphatic rings. The Morgan fingerprint density at radius 2 is 1.97 bits per heavy atom. The summed E-state index contributed by atoms with van der Waals surface area (Å²) < 4.78 is 5.33. The van der Waals surface area contributed by atoms with Gasteiger partial charge in [0.15, 0.2) is 5.76 Å². The molecule has 1 unspecified atom stereocenters. The molecule has 1 atom stereocenters. The summed E-state index contributed by atoms with van der Waals surface area (Å²) in [5.74, 6) is 0.994. The number of hydrogen-bond acceptors (Lipinski definition) is 6. The SMILES string of the molecule is Cc1ccc(C(=O)NCC(=O)N2CCCC(c3nc(N(C)C)ncc3-c3ccc(Cl)cc3)C2)o1. The van der Waals surface area contributed by atoms with E-state index < -0.39 is 5.91 Å². The molecule has 0 aliphatic carbocycles. The average molecular weight is 482 g/mol. The third-order valence-electron chi connectivity index (χ3n) is 5.89. The van der Waals surface area contributed by atoms with Gasteiger partial charge in [-0.3, -0.25) is 9.59 Å². The Balaban J connectivity index is 1.51. The van der Waals surface area contributed by atoms with Crippen LogP contribution in [0, 0.1) is 6.92 Å². The molecule has 1 N–H and O–H groups in total. The number of piperidine rings is 1. The summed E-state index contributed by atoms with van der Waals surface area (Å²) in [5, 5.41) is 3.33. The van der Waals surface area contributed by atoms with Gasteiger partial charge in [0.25, 0.3) is 5.91 Å². The fourth-order valence-electron chi connectivity index (χ4n) is 4.10. The summed E-state index contributed by atoms with van der Waals surface area (Å²) in [6.45, 7) is 2.86.